The molecule has 1 amide bonds. The minimum absolute atomic E-state index is 0. The maximum Gasteiger partial charge on any atom is 0.261 e. The second kappa shape index (κ2) is 5.72. The van der Waals surface area contributed by atoms with Gasteiger partial charge in [0.25, 0.3) is 5.91 Å². The fraction of sp³-hybridized carbons (Fsp3) is 0.364. The number of ether oxygens (including phenoxy) is 1. The third-order valence-corrected chi connectivity index (χ3v) is 2.38. The Balaban J connectivity index is 0.00000128. The molecule has 1 atom stereocenters. The zero-order valence-electron chi connectivity index (χ0n) is 8.81. The van der Waals surface area contributed by atoms with E-state index in [-0.39, 0.29) is 18.3 Å². The van der Waals surface area contributed by atoms with Gasteiger partial charge in [-0.05, 0) is 11.6 Å². The van der Waals surface area contributed by atoms with Gasteiger partial charge >= 0.3 is 0 Å². The van der Waals surface area contributed by atoms with Gasteiger partial charge in [-0.3, -0.25) is 4.79 Å². The summed E-state index contributed by atoms with van der Waals surface area (Å²) in [6.07, 6.45) is 0.251. The highest BCUT2D eigenvalue weighted by Crippen LogP contribution is 2.27. The molecule has 2 rings (SSSR count). The second-order valence-corrected chi connectivity index (χ2v) is 3.50. The summed E-state index contributed by atoms with van der Waals surface area (Å²) in [7, 11) is 0. The molecule has 1 unspecified atom stereocenters. The summed E-state index contributed by atoms with van der Waals surface area (Å²) in [5, 5.41) is 2.72. The molecular weight excluding hydrogens is 228 g/mol. The van der Waals surface area contributed by atoms with Gasteiger partial charge in [0.2, 0.25) is 0 Å². The van der Waals surface area contributed by atoms with Crippen LogP contribution < -0.4 is 15.8 Å². The molecule has 0 bridgehead atoms. The van der Waals surface area contributed by atoms with Crippen LogP contribution in [-0.4, -0.2) is 25.1 Å². The van der Waals surface area contributed by atoms with Crippen LogP contribution in [0.2, 0.25) is 0 Å². The summed E-state index contributed by atoms with van der Waals surface area (Å²) in [5.41, 5.74) is 6.39. The van der Waals surface area contributed by atoms with E-state index in [1.807, 2.05) is 24.3 Å². The number of amides is 1. The van der Waals surface area contributed by atoms with Crippen LogP contribution in [-0.2, 0) is 11.2 Å². The molecule has 1 aromatic carbocycles. The van der Waals surface area contributed by atoms with E-state index in [9.17, 15) is 4.79 Å². The lowest BCUT2D eigenvalue weighted by Gasteiger charge is -2.10. The number of halogens is 1. The van der Waals surface area contributed by atoms with Crippen LogP contribution in [0.4, 0.5) is 0 Å². The molecular formula is C11H15ClN2O2. The van der Waals surface area contributed by atoms with Crippen molar-refractivity contribution in [3.05, 3.63) is 29.8 Å². The number of benzene rings is 1. The minimum atomic E-state index is -0.394. The van der Waals surface area contributed by atoms with E-state index >= 15 is 0 Å². The maximum atomic E-state index is 11.6. The van der Waals surface area contributed by atoms with Crippen LogP contribution in [0.3, 0.4) is 0 Å². The van der Waals surface area contributed by atoms with Crippen molar-refractivity contribution >= 4 is 18.3 Å². The van der Waals surface area contributed by atoms with Crippen molar-refractivity contribution in [1.82, 2.24) is 5.32 Å². The van der Waals surface area contributed by atoms with Gasteiger partial charge in [0.05, 0.1) is 0 Å². The van der Waals surface area contributed by atoms with E-state index in [0.717, 1.165) is 11.3 Å². The van der Waals surface area contributed by atoms with Crippen LogP contribution in [0, 0.1) is 0 Å². The molecule has 0 saturated heterocycles. The summed E-state index contributed by atoms with van der Waals surface area (Å²) >= 11 is 0. The fourth-order valence-corrected chi connectivity index (χ4v) is 1.64. The first-order valence-electron chi connectivity index (χ1n) is 5.03. The highest BCUT2D eigenvalue weighted by Gasteiger charge is 2.28. The largest absolute Gasteiger partial charge is 0.480 e. The molecule has 0 spiro atoms. The van der Waals surface area contributed by atoms with E-state index in [1.165, 1.54) is 0 Å². The Labute approximate surface area is 101 Å². The summed E-state index contributed by atoms with van der Waals surface area (Å²) in [6, 6.07) is 7.71. The summed E-state index contributed by atoms with van der Waals surface area (Å²) < 4.78 is 5.51. The number of para-hydroxylation sites is 1. The van der Waals surface area contributed by atoms with Gasteiger partial charge in [0, 0.05) is 19.5 Å². The first kappa shape index (κ1) is 12.8. The van der Waals surface area contributed by atoms with Gasteiger partial charge in [0.1, 0.15) is 5.75 Å². The number of nitrogens with one attached hydrogen (secondary N) is 1. The number of rotatable bonds is 3. The van der Waals surface area contributed by atoms with E-state index in [1.54, 1.807) is 0 Å². The fourth-order valence-electron chi connectivity index (χ4n) is 1.64. The summed E-state index contributed by atoms with van der Waals surface area (Å²) in [6.45, 7) is 0.945. The number of carbonyl (C=O) groups excluding carboxylic acids is 1. The smallest absolute Gasteiger partial charge is 0.261 e. The van der Waals surface area contributed by atoms with Crippen LogP contribution in [0.15, 0.2) is 24.3 Å². The Hall–Kier alpha value is -1.26. The van der Waals surface area contributed by atoms with Crippen LogP contribution in [0.5, 0.6) is 5.75 Å². The lowest BCUT2D eigenvalue weighted by Crippen LogP contribution is -2.39. The molecule has 4 nitrogen and oxygen atoms in total. The van der Waals surface area contributed by atoms with Crippen molar-refractivity contribution in [1.29, 1.82) is 0 Å². The zero-order chi connectivity index (χ0) is 10.7. The van der Waals surface area contributed by atoms with E-state index in [0.29, 0.717) is 19.5 Å². The van der Waals surface area contributed by atoms with Crippen molar-refractivity contribution < 1.29 is 9.53 Å². The molecule has 5 heteroatoms. The first-order chi connectivity index (χ1) is 7.31. The monoisotopic (exact) mass is 242 g/mol. The van der Waals surface area contributed by atoms with Crippen molar-refractivity contribution in [3.8, 4) is 5.75 Å². The number of nitrogens with two attached hydrogens (primary N) is 1. The van der Waals surface area contributed by atoms with E-state index < -0.39 is 6.10 Å². The number of fused-ring (bicyclic) bond motifs is 1. The molecule has 0 fully saturated rings. The molecule has 0 aromatic heterocycles. The maximum absolute atomic E-state index is 11.6. The quantitative estimate of drug-likeness (QED) is 0.811. The highest BCUT2D eigenvalue weighted by atomic mass is 35.5. The molecule has 88 valence electrons. The standard InChI is InChI=1S/C11H14N2O2.ClH/c12-5-6-13-11(14)10-7-8-3-1-2-4-9(8)15-10;/h1-4,10H,5-7,12H2,(H,13,14);1H. The highest BCUT2D eigenvalue weighted by molar-refractivity contribution is 5.85. The van der Waals surface area contributed by atoms with Gasteiger partial charge in [-0.2, -0.15) is 0 Å². The van der Waals surface area contributed by atoms with Gasteiger partial charge in [-0.15, -0.1) is 12.4 Å². The zero-order valence-corrected chi connectivity index (χ0v) is 9.63. The van der Waals surface area contributed by atoms with Crippen LogP contribution >= 0.6 is 12.4 Å². The molecule has 0 saturated carbocycles. The predicted molar refractivity (Wildman–Crippen MR) is 63.9 cm³/mol. The second-order valence-electron chi connectivity index (χ2n) is 3.50. The molecule has 1 aromatic rings. The summed E-state index contributed by atoms with van der Waals surface area (Å²) in [4.78, 5) is 11.6. The normalized spacial score (nSPS) is 16.9. The molecule has 0 aliphatic carbocycles. The first-order valence-corrected chi connectivity index (χ1v) is 5.03. The minimum Gasteiger partial charge on any atom is -0.480 e. The van der Waals surface area contributed by atoms with Crippen LogP contribution in [0.1, 0.15) is 5.56 Å². The average molecular weight is 243 g/mol. The Kier molecular flexibility index (Phi) is 4.58. The molecule has 3 N–H and O–H groups in total. The molecule has 1 aliphatic heterocycles. The topological polar surface area (TPSA) is 64.3 Å². The van der Waals surface area contributed by atoms with Crippen molar-refractivity contribution in [2.24, 2.45) is 5.73 Å². The number of hydrogen-bond donors (Lipinski definition) is 2. The molecule has 1 heterocycles. The van der Waals surface area contributed by atoms with Crippen molar-refractivity contribution in [2.45, 2.75) is 12.5 Å². The third kappa shape index (κ3) is 2.65. The third-order valence-electron chi connectivity index (χ3n) is 2.38. The summed E-state index contributed by atoms with van der Waals surface area (Å²) in [5.74, 6) is 0.724. The van der Waals surface area contributed by atoms with E-state index in [2.05, 4.69) is 5.32 Å². The molecule has 1 aliphatic rings. The van der Waals surface area contributed by atoms with Gasteiger partial charge in [-0.25, -0.2) is 0 Å². The lowest BCUT2D eigenvalue weighted by atomic mass is 10.1. The number of hydrogen-bond acceptors (Lipinski definition) is 3. The Morgan fingerprint density at radius 2 is 2.25 bits per heavy atom. The Morgan fingerprint density at radius 3 is 2.94 bits per heavy atom. The SMILES string of the molecule is Cl.NCCNC(=O)C1Cc2ccccc2O1. The number of carbonyl (C=O) groups is 1. The van der Waals surface area contributed by atoms with Crippen molar-refractivity contribution in [3.63, 3.8) is 0 Å². The lowest BCUT2D eigenvalue weighted by molar-refractivity contribution is -0.127. The Morgan fingerprint density at radius 1 is 1.50 bits per heavy atom. The molecule has 16 heavy (non-hydrogen) atoms. The van der Waals surface area contributed by atoms with Gasteiger partial charge < -0.3 is 15.8 Å². The average Bonchev–Trinajstić information content (AvgIpc) is 2.69. The van der Waals surface area contributed by atoms with E-state index in [4.69, 9.17) is 10.5 Å². The Bertz CT molecular complexity index is 346. The van der Waals surface area contributed by atoms with Gasteiger partial charge in [0.15, 0.2) is 6.10 Å². The predicted octanol–water partition coefficient (Wildman–Crippen LogP) is 0.487. The van der Waals surface area contributed by atoms with Crippen molar-refractivity contribution in [2.75, 3.05) is 13.1 Å². The van der Waals surface area contributed by atoms with Gasteiger partial charge in [-0.1, -0.05) is 18.2 Å². The molecule has 0 radical (unpaired) electrons. The van der Waals surface area contributed by atoms with Crippen LogP contribution in [0.25, 0.3) is 0 Å².